The Labute approximate surface area is 126 Å². The van der Waals surface area contributed by atoms with E-state index in [1.54, 1.807) is 18.2 Å². The molecule has 0 amide bonds. The van der Waals surface area contributed by atoms with Crippen LogP contribution in [0.4, 0.5) is 0 Å². The zero-order chi connectivity index (χ0) is 15.8. The Morgan fingerprint density at radius 1 is 0.952 bits per heavy atom. The van der Waals surface area contributed by atoms with E-state index < -0.39 is 12.1 Å². The molecule has 0 aromatic heterocycles. The second kappa shape index (κ2) is 14.8. The summed E-state index contributed by atoms with van der Waals surface area (Å²) in [6.45, 7) is 0.0527. The summed E-state index contributed by atoms with van der Waals surface area (Å²) in [6, 6.07) is 0. The summed E-state index contributed by atoms with van der Waals surface area (Å²) < 4.78 is 0. The molecule has 0 bridgehead atoms. The first-order chi connectivity index (χ1) is 10.2. The number of rotatable bonds is 12. The van der Waals surface area contributed by atoms with Gasteiger partial charge in [0, 0.05) is 6.42 Å². The first-order valence-corrected chi connectivity index (χ1v) is 7.32. The van der Waals surface area contributed by atoms with Crippen molar-refractivity contribution in [2.75, 3.05) is 6.61 Å². The van der Waals surface area contributed by atoms with Gasteiger partial charge < -0.3 is 15.3 Å². The van der Waals surface area contributed by atoms with Crippen LogP contribution in [0, 0.1) is 0 Å². The van der Waals surface area contributed by atoms with Crippen molar-refractivity contribution < 1.29 is 20.1 Å². The number of unbranched alkanes of at least 4 members (excludes halogenated alkanes) is 2. The number of hydrogen-bond acceptors (Lipinski definition) is 3. The van der Waals surface area contributed by atoms with E-state index in [4.69, 9.17) is 10.2 Å². The number of hydrogen-bond donors (Lipinski definition) is 3. The number of aliphatic hydroxyl groups is 2. The average molecular weight is 294 g/mol. The van der Waals surface area contributed by atoms with Crippen LogP contribution in [0.3, 0.4) is 0 Å². The van der Waals surface area contributed by atoms with Crippen LogP contribution in [-0.4, -0.2) is 34.0 Å². The van der Waals surface area contributed by atoms with Crippen LogP contribution in [0.5, 0.6) is 0 Å². The monoisotopic (exact) mass is 294 g/mol. The fourth-order valence-electron chi connectivity index (χ4n) is 1.63. The Morgan fingerprint density at radius 3 is 2.29 bits per heavy atom. The molecular weight excluding hydrogens is 268 g/mol. The number of carboxylic acid groups (broad SMARTS) is 1. The van der Waals surface area contributed by atoms with Crippen molar-refractivity contribution in [1.29, 1.82) is 0 Å². The lowest BCUT2D eigenvalue weighted by atomic mass is 10.1. The molecule has 3 N–H and O–H groups in total. The van der Waals surface area contributed by atoms with Crippen molar-refractivity contribution in [2.24, 2.45) is 0 Å². The lowest BCUT2D eigenvalue weighted by Crippen LogP contribution is -2.01. The fourth-order valence-corrected chi connectivity index (χ4v) is 1.63. The molecule has 0 saturated heterocycles. The zero-order valence-electron chi connectivity index (χ0n) is 12.4. The Morgan fingerprint density at radius 2 is 1.62 bits per heavy atom. The third-order valence-corrected chi connectivity index (χ3v) is 2.73. The number of allylic oxidation sites excluding steroid dienone is 6. The number of aliphatic hydroxyl groups excluding tert-OH is 2. The minimum atomic E-state index is -0.763. The lowest BCUT2D eigenvalue weighted by molar-refractivity contribution is -0.137. The van der Waals surface area contributed by atoms with E-state index in [1.807, 2.05) is 30.4 Å². The molecule has 0 saturated carbocycles. The molecule has 1 atom stereocenters. The van der Waals surface area contributed by atoms with Gasteiger partial charge in [0.2, 0.25) is 0 Å². The number of carboxylic acids is 1. The first-order valence-electron chi connectivity index (χ1n) is 7.32. The lowest BCUT2D eigenvalue weighted by Gasteiger charge is -2.03. The molecule has 0 aromatic rings. The van der Waals surface area contributed by atoms with Gasteiger partial charge in [0.1, 0.15) is 0 Å². The van der Waals surface area contributed by atoms with E-state index >= 15 is 0 Å². The predicted octanol–water partition coefficient (Wildman–Crippen LogP) is 2.99. The van der Waals surface area contributed by atoms with E-state index in [2.05, 4.69) is 0 Å². The average Bonchev–Trinajstić information content (AvgIpc) is 2.45. The highest BCUT2D eigenvalue weighted by atomic mass is 16.4. The topological polar surface area (TPSA) is 77.8 Å². The molecule has 0 aliphatic heterocycles. The molecule has 0 aliphatic rings. The summed E-state index contributed by atoms with van der Waals surface area (Å²) >= 11 is 0. The smallest absolute Gasteiger partial charge is 0.303 e. The fraction of sp³-hybridized carbons (Fsp3) is 0.471. The summed E-state index contributed by atoms with van der Waals surface area (Å²) in [5, 5.41) is 26.7. The van der Waals surface area contributed by atoms with Crippen LogP contribution < -0.4 is 0 Å². The SMILES string of the molecule is O=C(O)CCCCCC(O)/C=C/C=C\C/C=C\C=C\CO. The number of carbonyl (C=O) groups is 1. The van der Waals surface area contributed by atoms with E-state index in [0.29, 0.717) is 12.8 Å². The van der Waals surface area contributed by atoms with Crippen LogP contribution in [-0.2, 0) is 4.79 Å². The van der Waals surface area contributed by atoms with Gasteiger partial charge in [0.15, 0.2) is 0 Å². The summed E-state index contributed by atoms with van der Waals surface area (Å²) in [6.07, 6.45) is 18.2. The van der Waals surface area contributed by atoms with Crippen molar-refractivity contribution in [2.45, 2.75) is 44.6 Å². The maximum atomic E-state index is 10.3. The molecule has 0 fully saturated rings. The van der Waals surface area contributed by atoms with E-state index in [1.165, 1.54) is 0 Å². The molecule has 0 rings (SSSR count). The molecule has 0 aromatic carbocycles. The summed E-state index contributed by atoms with van der Waals surface area (Å²) in [5.41, 5.74) is 0. The third-order valence-electron chi connectivity index (χ3n) is 2.73. The Hall–Kier alpha value is -1.65. The highest BCUT2D eigenvalue weighted by Gasteiger charge is 2.00. The van der Waals surface area contributed by atoms with Crippen molar-refractivity contribution in [3.63, 3.8) is 0 Å². The van der Waals surface area contributed by atoms with Gasteiger partial charge in [-0.25, -0.2) is 0 Å². The molecule has 4 nitrogen and oxygen atoms in total. The number of aliphatic carboxylic acids is 1. The molecule has 21 heavy (non-hydrogen) atoms. The van der Waals surface area contributed by atoms with Crippen molar-refractivity contribution >= 4 is 5.97 Å². The third kappa shape index (κ3) is 16.3. The highest BCUT2D eigenvalue weighted by molar-refractivity contribution is 5.66. The van der Waals surface area contributed by atoms with Gasteiger partial charge in [0.05, 0.1) is 12.7 Å². The standard InChI is InChI=1S/C17H26O4/c18-15-11-6-4-2-1-3-5-8-12-16(19)13-9-7-10-14-17(20)21/h2-6,8,11-12,16,18-19H,1,7,9-10,13-15H2,(H,20,21)/b4-2-,5-3-,11-6+,12-8+. The first kappa shape index (κ1) is 19.4. The Kier molecular flexibility index (Phi) is 13.6. The molecule has 4 heteroatoms. The van der Waals surface area contributed by atoms with Gasteiger partial charge in [-0.2, -0.15) is 0 Å². The predicted molar refractivity (Wildman–Crippen MR) is 85.0 cm³/mol. The summed E-state index contributed by atoms with van der Waals surface area (Å²) in [4.78, 5) is 10.3. The molecular formula is C17H26O4. The van der Waals surface area contributed by atoms with Gasteiger partial charge >= 0.3 is 5.97 Å². The van der Waals surface area contributed by atoms with Crippen LogP contribution in [0.1, 0.15) is 38.5 Å². The van der Waals surface area contributed by atoms with Crippen LogP contribution in [0.2, 0.25) is 0 Å². The maximum absolute atomic E-state index is 10.3. The van der Waals surface area contributed by atoms with Gasteiger partial charge in [0.25, 0.3) is 0 Å². The second-order valence-electron chi connectivity index (χ2n) is 4.65. The minimum Gasteiger partial charge on any atom is -0.481 e. The van der Waals surface area contributed by atoms with Gasteiger partial charge in [-0.3, -0.25) is 4.79 Å². The normalized spacial score (nSPS) is 14.0. The molecule has 0 spiro atoms. The summed E-state index contributed by atoms with van der Waals surface area (Å²) in [5.74, 6) is -0.763. The molecule has 1 unspecified atom stereocenters. The van der Waals surface area contributed by atoms with Crippen LogP contribution in [0.25, 0.3) is 0 Å². The molecule has 0 radical (unpaired) electrons. The van der Waals surface area contributed by atoms with E-state index in [0.717, 1.165) is 19.3 Å². The maximum Gasteiger partial charge on any atom is 0.303 e. The van der Waals surface area contributed by atoms with Gasteiger partial charge in [-0.15, -0.1) is 0 Å². The van der Waals surface area contributed by atoms with Gasteiger partial charge in [-0.05, 0) is 19.3 Å². The Bertz CT molecular complexity index is 367. The van der Waals surface area contributed by atoms with E-state index in [9.17, 15) is 9.90 Å². The highest BCUT2D eigenvalue weighted by Crippen LogP contribution is 2.06. The minimum absolute atomic E-state index is 0.0527. The van der Waals surface area contributed by atoms with E-state index in [-0.39, 0.29) is 13.0 Å². The zero-order valence-corrected chi connectivity index (χ0v) is 12.4. The summed E-state index contributed by atoms with van der Waals surface area (Å²) in [7, 11) is 0. The van der Waals surface area contributed by atoms with Crippen molar-refractivity contribution in [3.8, 4) is 0 Å². The largest absolute Gasteiger partial charge is 0.481 e. The molecule has 0 heterocycles. The molecule has 118 valence electrons. The van der Waals surface area contributed by atoms with Gasteiger partial charge in [-0.1, -0.05) is 61.4 Å². The van der Waals surface area contributed by atoms with Crippen molar-refractivity contribution in [3.05, 3.63) is 48.6 Å². The van der Waals surface area contributed by atoms with Crippen LogP contribution >= 0.6 is 0 Å². The van der Waals surface area contributed by atoms with Crippen LogP contribution in [0.15, 0.2) is 48.6 Å². The Balaban J connectivity index is 3.60. The molecule has 0 aliphatic carbocycles. The second-order valence-corrected chi connectivity index (χ2v) is 4.65. The quantitative estimate of drug-likeness (QED) is 0.382. The van der Waals surface area contributed by atoms with Crippen molar-refractivity contribution in [1.82, 2.24) is 0 Å².